The average molecular weight is 406 g/mol. The van der Waals surface area contributed by atoms with Crippen molar-refractivity contribution in [2.45, 2.75) is 58.1 Å². The highest BCUT2D eigenvalue weighted by Crippen LogP contribution is 2.31. The Hall–Kier alpha value is -1.69. The second-order valence-corrected chi connectivity index (χ2v) is 8.54. The summed E-state index contributed by atoms with van der Waals surface area (Å²) in [5.74, 6) is 0.755. The predicted molar refractivity (Wildman–Crippen MR) is 102 cm³/mol. The zero-order valence-electron chi connectivity index (χ0n) is 14.9. The van der Waals surface area contributed by atoms with Crippen LogP contribution in [0.4, 0.5) is 5.95 Å². The van der Waals surface area contributed by atoms with Gasteiger partial charge in [0, 0.05) is 22.1 Å². The quantitative estimate of drug-likeness (QED) is 0.746. The Bertz CT molecular complexity index is 773. The number of esters is 1. The normalized spacial score (nSPS) is 20.6. The van der Waals surface area contributed by atoms with Gasteiger partial charge in [-0.15, -0.1) is 0 Å². The molecule has 1 fully saturated rings. The van der Waals surface area contributed by atoms with E-state index in [0.29, 0.717) is 12.4 Å². The number of benzene rings is 1. The van der Waals surface area contributed by atoms with Crippen LogP contribution in [0.1, 0.15) is 46.5 Å². The van der Waals surface area contributed by atoms with Crippen LogP contribution in [0.25, 0.3) is 10.9 Å². The molecule has 0 bridgehead atoms. The monoisotopic (exact) mass is 405 g/mol. The summed E-state index contributed by atoms with van der Waals surface area (Å²) in [4.78, 5) is 21.2. The first-order chi connectivity index (χ1) is 11.8. The number of nitrogens with zero attached hydrogens (tertiary/aromatic N) is 2. The molecule has 0 aliphatic heterocycles. The van der Waals surface area contributed by atoms with Gasteiger partial charge in [0.25, 0.3) is 0 Å². The topological polar surface area (TPSA) is 64.1 Å². The van der Waals surface area contributed by atoms with E-state index in [0.717, 1.165) is 34.6 Å². The summed E-state index contributed by atoms with van der Waals surface area (Å²) in [6.45, 7) is 5.70. The number of carbonyl (C=O) groups is 1. The first-order valence-electron chi connectivity index (χ1n) is 8.71. The molecule has 1 aromatic carbocycles. The third kappa shape index (κ3) is 4.91. The highest BCUT2D eigenvalue weighted by atomic mass is 79.9. The lowest BCUT2D eigenvalue weighted by Gasteiger charge is -2.24. The maximum Gasteiger partial charge on any atom is 0.306 e. The van der Waals surface area contributed by atoms with E-state index in [1.165, 1.54) is 0 Å². The lowest BCUT2D eigenvalue weighted by molar-refractivity contribution is -0.156. The molecule has 6 heteroatoms. The summed E-state index contributed by atoms with van der Waals surface area (Å²) in [5.41, 5.74) is 0.469. The van der Waals surface area contributed by atoms with Crippen molar-refractivity contribution in [3.05, 3.63) is 28.9 Å². The smallest absolute Gasteiger partial charge is 0.306 e. The molecule has 1 aromatic heterocycles. The van der Waals surface area contributed by atoms with E-state index in [-0.39, 0.29) is 17.9 Å². The fourth-order valence-electron chi connectivity index (χ4n) is 3.31. The maximum absolute atomic E-state index is 12.1. The minimum absolute atomic E-state index is 0.129. The molecule has 134 valence electrons. The molecule has 1 heterocycles. The minimum atomic E-state index is -0.436. The first-order valence-corrected chi connectivity index (χ1v) is 9.50. The number of aromatic nitrogens is 2. The lowest BCUT2D eigenvalue weighted by Crippen LogP contribution is -2.30. The van der Waals surface area contributed by atoms with E-state index in [2.05, 4.69) is 31.2 Å². The van der Waals surface area contributed by atoms with Crippen molar-refractivity contribution in [1.82, 2.24) is 9.97 Å². The Morgan fingerprint density at radius 1 is 1.36 bits per heavy atom. The number of fused-ring (bicyclic) bond motifs is 1. The van der Waals surface area contributed by atoms with Crippen LogP contribution in [-0.4, -0.2) is 27.6 Å². The summed E-state index contributed by atoms with van der Waals surface area (Å²) in [5, 5.41) is 4.42. The van der Waals surface area contributed by atoms with Crippen LogP contribution in [0.3, 0.4) is 0 Å². The molecule has 3 rings (SSSR count). The van der Waals surface area contributed by atoms with Crippen LogP contribution >= 0.6 is 15.9 Å². The average Bonchev–Trinajstić information content (AvgIpc) is 2.92. The molecule has 0 spiro atoms. The molecule has 25 heavy (non-hydrogen) atoms. The number of hydrogen-bond acceptors (Lipinski definition) is 5. The van der Waals surface area contributed by atoms with Gasteiger partial charge in [0.1, 0.15) is 5.60 Å². The van der Waals surface area contributed by atoms with Gasteiger partial charge in [-0.05, 0) is 57.7 Å². The Labute approximate surface area is 156 Å². The van der Waals surface area contributed by atoms with E-state index >= 15 is 0 Å². The van der Waals surface area contributed by atoms with Crippen LogP contribution < -0.4 is 5.32 Å². The van der Waals surface area contributed by atoms with Gasteiger partial charge in [-0.2, -0.15) is 0 Å². The Balaban J connectivity index is 1.67. The molecule has 0 unspecified atom stereocenters. The van der Waals surface area contributed by atoms with Crippen LogP contribution in [0.2, 0.25) is 0 Å². The van der Waals surface area contributed by atoms with Gasteiger partial charge < -0.3 is 10.1 Å². The van der Waals surface area contributed by atoms with E-state index in [9.17, 15) is 4.79 Å². The van der Waals surface area contributed by atoms with Crippen molar-refractivity contribution < 1.29 is 9.53 Å². The van der Waals surface area contributed by atoms with Crippen molar-refractivity contribution in [2.75, 3.05) is 5.32 Å². The molecule has 2 atom stereocenters. The van der Waals surface area contributed by atoms with Crippen molar-refractivity contribution in [2.24, 2.45) is 5.92 Å². The van der Waals surface area contributed by atoms with E-state index in [4.69, 9.17) is 4.74 Å². The Morgan fingerprint density at radius 3 is 2.92 bits per heavy atom. The van der Waals surface area contributed by atoms with Gasteiger partial charge in [-0.25, -0.2) is 9.97 Å². The molecule has 1 aliphatic rings. The molecule has 5 nitrogen and oxygen atoms in total. The maximum atomic E-state index is 12.1. The highest BCUT2D eigenvalue weighted by Gasteiger charge is 2.31. The largest absolute Gasteiger partial charge is 0.460 e. The Morgan fingerprint density at radius 2 is 2.16 bits per heavy atom. The first kappa shape index (κ1) is 18.1. The number of ether oxygens (including phenoxy) is 1. The van der Waals surface area contributed by atoms with Gasteiger partial charge in [0.05, 0.1) is 11.9 Å². The number of rotatable bonds is 4. The fourth-order valence-corrected chi connectivity index (χ4v) is 3.69. The second kappa shape index (κ2) is 7.28. The summed E-state index contributed by atoms with van der Waals surface area (Å²) in [6, 6.07) is 6.15. The van der Waals surface area contributed by atoms with Gasteiger partial charge in [0.2, 0.25) is 5.95 Å². The van der Waals surface area contributed by atoms with Crippen LogP contribution in [0.5, 0.6) is 0 Å². The standard InChI is InChI=1S/C19H24BrN3O2/c1-19(2,3)25-17(24)10-12-5-4-6-15(12)22-18-21-11-13-9-14(20)7-8-16(13)23-18/h7-9,11-12,15H,4-6,10H2,1-3H3,(H,21,22,23)/t12-,15-/m1/s1. The molecule has 0 saturated heterocycles. The number of halogens is 1. The van der Waals surface area contributed by atoms with Gasteiger partial charge >= 0.3 is 5.97 Å². The second-order valence-electron chi connectivity index (χ2n) is 7.63. The number of nitrogens with one attached hydrogen (secondary N) is 1. The molecular formula is C19H24BrN3O2. The Kier molecular flexibility index (Phi) is 5.27. The van der Waals surface area contributed by atoms with Crippen molar-refractivity contribution in [1.29, 1.82) is 0 Å². The molecular weight excluding hydrogens is 382 g/mol. The predicted octanol–water partition coefficient (Wildman–Crippen LogP) is 4.70. The van der Waals surface area contributed by atoms with E-state index in [1.807, 2.05) is 45.2 Å². The highest BCUT2D eigenvalue weighted by molar-refractivity contribution is 9.10. The molecule has 0 radical (unpaired) electrons. The number of hydrogen-bond donors (Lipinski definition) is 1. The summed E-state index contributed by atoms with van der Waals surface area (Å²) < 4.78 is 6.48. The van der Waals surface area contributed by atoms with E-state index in [1.54, 1.807) is 0 Å². The minimum Gasteiger partial charge on any atom is -0.460 e. The molecule has 1 aliphatic carbocycles. The zero-order valence-corrected chi connectivity index (χ0v) is 16.5. The third-order valence-corrected chi connectivity index (χ3v) is 4.86. The van der Waals surface area contributed by atoms with Crippen molar-refractivity contribution in [3.63, 3.8) is 0 Å². The molecule has 2 aromatic rings. The van der Waals surface area contributed by atoms with Crippen molar-refractivity contribution in [3.8, 4) is 0 Å². The lowest BCUT2D eigenvalue weighted by atomic mass is 9.99. The van der Waals surface area contributed by atoms with Gasteiger partial charge in [-0.3, -0.25) is 4.79 Å². The number of carbonyl (C=O) groups excluding carboxylic acids is 1. The summed E-state index contributed by atoms with van der Waals surface area (Å²) in [7, 11) is 0. The number of anilines is 1. The van der Waals surface area contributed by atoms with Crippen molar-refractivity contribution >= 4 is 38.8 Å². The molecule has 1 saturated carbocycles. The summed E-state index contributed by atoms with van der Waals surface area (Å²) in [6.07, 6.45) is 5.42. The third-order valence-electron chi connectivity index (χ3n) is 4.36. The van der Waals surface area contributed by atoms with Gasteiger partial charge in [-0.1, -0.05) is 22.4 Å². The fraction of sp³-hybridized carbons (Fsp3) is 0.526. The molecule has 1 N–H and O–H groups in total. The van der Waals surface area contributed by atoms with E-state index < -0.39 is 5.60 Å². The van der Waals surface area contributed by atoms with Crippen LogP contribution in [0.15, 0.2) is 28.9 Å². The molecule has 0 amide bonds. The van der Waals surface area contributed by atoms with Crippen LogP contribution in [-0.2, 0) is 9.53 Å². The van der Waals surface area contributed by atoms with Crippen LogP contribution in [0, 0.1) is 5.92 Å². The SMILES string of the molecule is CC(C)(C)OC(=O)C[C@H]1CCC[C@H]1Nc1ncc2cc(Br)ccc2n1. The summed E-state index contributed by atoms with van der Waals surface area (Å²) >= 11 is 3.46. The zero-order chi connectivity index (χ0) is 18.0. The van der Waals surface area contributed by atoms with Gasteiger partial charge in [0.15, 0.2) is 0 Å².